The Morgan fingerprint density at radius 3 is 2.77 bits per heavy atom. The fraction of sp³-hybridized carbons (Fsp3) is 0.222. The van der Waals surface area contributed by atoms with Gasteiger partial charge in [0.05, 0.1) is 12.1 Å². The maximum absolute atomic E-state index is 11.3. The summed E-state index contributed by atoms with van der Waals surface area (Å²) < 4.78 is 0.614. The first-order valence-electron chi connectivity index (χ1n) is 3.79. The first-order valence-corrected chi connectivity index (χ1v) is 4.58. The van der Waals surface area contributed by atoms with Crippen molar-refractivity contribution in [1.29, 1.82) is 0 Å². The normalized spacial score (nSPS) is 10.1. The lowest BCUT2D eigenvalue weighted by atomic mass is 10.1. The number of phenolic OH excluding ortho intramolecular Hbond substituents is 1. The molecule has 0 aliphatic carbocycles. The number of carbonyl (C=O) groups excluding carboxylic acids is 1. The van der Waals surface area contributed by atoms with Crippen molar-refractivity contribution in [3.8, 4) is 5.75 Å². The van der Waals surface area contributed by atoms with Gasteiger partial charge < -0.3 is 10.8 Å². The van der Waals surface area contributed by atoms with E-state index in [1.165, 1.54) is 6.07 Å². The number of hydrogen-bond donors (Lipinski definition) is 2. The SMILES string of the molecule is Cc1ccc(O)c(C(=O)CN)c1Br. The van der Waals surface area contributed by atoms with Crippen molar-refractivity contribution in [3.05, 3.63) is 27.7 Å². The predicted octanol–water partition coefficient (Wildman–Crippen LogP) is 1.60. The van der Waals surface area contributed by atoms with Gasteiger partial charge >= 0.3 is 0 Å². The van der Waals surface area contributed by atoms with Gasteiger partial charge in [-0.25, -0.2) is 0 Å². The molecular weight excluding hydrogens is 234 g/mol. The lowest BCUT2D eigenvalue weighted by Crippen LogP contribution is -2.14. The Morgan fingerprint density at radius 2 is 2.23 bits per heavy atom. The molecule has 1 aromatic rings. The summed E-state index contributed by atoms with van der Waals surface area (Å²) in [5, 5.41) is 9.41. The van der Waals surface area contributed by atoms with E-state index in [1.807, 2.05) is 6.92 Å². The molecule has 0 heterocycles. The maximum atomic E-state index is 11.3. The molecule has 13 heavy (non-hydrogen) atoms. The Bertz CT molecular complexity index is 350. The van der Waals surface area contributed by atoms with Gasteiger partial charge in [0.2, 0.25) is 0 Å². The molecule has 0 saturated heterocycles. The van der Waals surface area contributed by atoms with Crippen molar-refractivity contribution >= 4 is 21.7 Å². The summed E-state index contributed by atoms with van der Waals surface area (Å²) in [5.41, 5.74) is 6.37. The largest absolute Gasteiger partial charge is 0.507 e. The average molecular weight is 244 g/mol. The molecule has 0 radical (unpaired) electrons. The molecule has 0 fully saturated rings. The third-order valence-electron chi connectivity index (χ3n) is 1.78. The molecule has 0 amide bonds. The zero-order valence-corrected chi connectivity index (χ0v) is 8.76. The van der Waals surface area contributed by atoms with E-state index in [4.69, 9.17) is 5.73 Å². The van der Waals surface area contributed by atoms with Gasteiger partial charge in [0.25, 0.3) is 0 Å². The van der Waals surface area contributed by atoms with Crippen molar-refractivity contribution in [1.82, 2.24) is 0 Å². The lowest BCUT2D eigenvalue weighted by molar-refractivity contribution is 0.0998. The number of Topliss-reactive ketones (excluding diaryl/α,β-unsaturated/α-hetero) is 1. The van der Waals surface area contributed by atoms with Crippen LogP contribution in [-0.4, -0.2) is 17.4 Å². The number of hydrogen-bond acceptors (Lipinski definition) is 3. The van der Waals surface area contributed by atoms with Gasteiger partial charge in [0, 0.05) is 4.47 Å². The third kappa shape index (κ3) is 1.89. The van der Waals surface area contributed by atoms with Gasteiger partial charge in [-0.15, -0.1) is 0 Å². The van der Waals surface area contributed by atoms with Crippen LogP contribution in [0, 0.1) is 6.92 Å². The molecule has 3 N–H and O–H groups in total. The molecule has 70 valence electrons. The predicted molar refractivity (Wildman–Crippen MR) is 53.9 cm³/mol. The number of halogens is 1. The number of aryl methyl sites for hydroxylation is 1. The second-order valence-electron chi connectivity index (χ2n) is 2.72. The highest BCUT2D eigenvalue weighted by Gasteiger charge is 2.14. The molecule has 0 atom stereocenters. The maximum Gasteiger partial charge on any atom is 0.181 e. The van der Waals surface area contributed by atoms with E-state index >= 15 is 0 Å². The van der Waals surface area contributed by atoms with Gasteiger partial charge in [0.1, 0.15) is 5.75 Å². The van der Waals surface area contributed by atoms with Gasteiger partial charge in [-0.3, -0.25) is 4.79 Å². The molecule has 0 aliphatic rings. The molecule has 0 aliphatic heterocycles. The Morgan fingerprint density at radius 1 is 1.62 bits per heavy atom. The van der Waals surface area contributed by atoms with Crippen LogP contribution in [0.25, 0.3) is 0 Å². The number of aromatic hydroxyl groups is 1. The van der Waals surface area contributed by atoms with Gasteiger partial charge in [-0.2, -0.15) is 0 Å². The number of phenols is 1. The molecule has 0 saturated carbocycles. The summed E-state index contributed by atoms with van der Waals surface area (Å²) in [4.78, 5) is 11.3. The Hall–Kier alpha value is -0.870. The molecule has 0 unspecified atom stereocenters. The molecule has 0 bridgehead atoms. The van der Waals surface area contributed by atoms with E-state index in [-0.39, 0.29) is 23.6 Å². The zero-order chi connectivity index (χ0) is 10.0. The van der Waals surface area contributed by atoms with E-state index in [1.54, 1.807) is 6.07 Å². The molecule has 0 spiro atoms. The number of nitrogens with two attached hydrogens (primary N) is 1. The molecule has 0 aromatic heterocycles. The van der Waals surface area contributed by atoms with Crippen LogP contribution in [-0.2, 0) is 0 Å². The van der Waals surface area contributed by atoms with E-state index in [9.17, 15) is 9.90 Å². The highest BCUT2D eigenvalue weighted by molar-refractivity contribution is 9.10. The fourth-order valence-electron chi connectivity index (χ4n) is 1.04. The van der Waals surface area contributed by atoms with Crippen LogP contribution in [0.5, 0.6) is 5.75 Å². The van der Waals surface area contributed by atoms with E-state index < -0.39 is 0 Å². The molecule has 4 heteroatoms. The summed E-state index contributed by atoms with van der Waals surface area (Å²) >= 11 is 3.24. The quantitative estimate of drug-likeness (QED) is 0.776. The first kappa shape index (κ1) is 10.2. The third-order valence-corrected chi connectivity index (χ3v) is 2.80. The average Bonchev–Trinajstić information content (AvgIpc) is 2.12. The van der Waals surface area contributed by atoms with Crippen LogP contribution in [0.2, 0.25) is 0 Å². The monoisotopic (exact) mass is 243 g/mol. The molecular formula is C9H10BrNO2. The second-order valence-corrected chi connectivity index (χ2v) is 3.51. The summed E-state index contributed by atoms with van der Waals surface area (Å²) in [5.74, 6) is -0.305. The van der Waals surface area contributed by atoms with Crippen LogP contribution in [0.3, 0.4) is 0 Å². The molecule has 1 rings (SSSR count). The van der Waals surface area contributed by atoms with Crippen molar-refractivity contribution in [2.45, 2.75) is 6.92 Å². The second kappa shape index (κ2) is 3.89. The topological polar surface area (TPSA) is 63.3 Å². The van der Waals surface area contributed by atoms with Crippen LogP contribution < -0.4 is 5.73 Å². The Kier molecular flexibility index (Phi) is 3.06. The number of carbonyl (C=O) groups is 1. The van der Waals surface area contributed by atoms with E-state index in [0.29, 0.717) is 4.47 Å². The summed E-state index contributed by atoms with van der Waals surface area (Å²) in [6.07, 6.45) is 0. The zero-order valence-electron chi connectivity index (χ0n) is 7.17. The van der Waals surface area contributed by atoms with Crippen LogP contribution in [0.15, 0.2) is 16.6 Å². The highest BCUT2D eigenvalue weighted by atomic mass is 79.9. The Balaban J connectivity index is 3.33. The smallest absolute Gasteiger partial charge is 0.181 e. The minimum atomic E-state index is -0.270. The molecule has 1 aromatic carbocycles. The molecule has 3 nitrogen and oxygen atoms in total. The fourth-order valence-corrected chi connectivity index (χ4v) is 1.59. The van der Waals surface area contributed by atoms with E-state index in [2.05, 4.69) is 15.9 Å². The summed E-state index contributed by atoms with van der Waals surface area (Å²) in [6.45, 7) is 1.74. The first-order chi connectivity index (χ1) is 6.07. The van der Waals surface area contributed by atoms with E-state index in [0.717, 1.165) is 5.56 Å². The van der Waals surface area contributed by atoms with Crippen molar-refractivity contribution in [3.63, 3.8) is 0 Å². The number of rotatable bonds is 2. The van der Waals surface area contributed by atoms with Crippen molar-refractivity contribution in [2.24, 2.45) is 5.73 Å². The van der Waals surface area contributed by atoms with Crippen LogP contribution >= 0.6 is 15.9 Å². The minimum absolute atomic E-state index is 0.0343. The standard InChI is InChI=1S/C9H10BrNO2/c1-5-2-3-6(12)8(9(5)10)7(13)4-11/h2-3,12H,4,11H2,1H3. The van der Waals surface area contributed by atoms with Gasteiger partial charge in [-0.05, 0) is 34.5 Å². The van der Waals surface area contributed by atoms with Crippen molar-refractivity contribution < 1.29 is 9.90 Å². The van der Waals surface area contributed by atoms with Gasteiger partial charge in [-0.1, -0.05) is 6.07 Å². The number of ketones is 1. The van der Waals surface area contributed by atoms with Crippen LogP contribution in [0.4, 0.5) is 0 Å². The van der Waals surface area contributed by atoms with Crippen LogP contribution in [0.1, 0.15) is 15.9 Å². The van der Waals surface area contributed by atoms with Gasteiger partial charge in [0.15, 0.2) is 5.78 Å². The lowest BCUT2D eigenvalue weighted by Gasteiger charge is -2.06. The Labute approximate surface area is 84.7 Å². The van der Waals surface area contributed by atoms with Crippen molar-refractivity contribution in [2.75, 3.05) is 6.54 Å². The highest BCUT2D eigenvalue weighted by Crippen LogP contribution is 2.29. The minimum Gasteiger partial charge on any atom is -0.507 e. The number of benzene rings is 1. The summed E-state index contributed by atoms with van der Waals surface area (Å²) in [7, 11) is 0. The summed E-state index contributed by atoms with van der Waals surface area (Å²) in [6, 6.07) is 3.22.